The molecule has 0 amide bonds. The number of benzene rings is 1. The van der Waals surface area contributed by atoms with Crippen LogP contribution in [0.4, 0.5) is 4.39 Å². The molecule has 16 heavy (non-hydrogen) atoms. The molecular weight excluding hydrogens is 209 g/mol. The van der Waals surface area contributed by atoms with Gasteiger partial charge in [0.15, 0.2) is 0 Å². The molecule has 2 atom stereocenters. The maximum atomic E-state index is 12.9. The predicted molar refractivity (Wildman–Crippen MR) is 59.8 cm³/mol. The molecule has 1 rings (SSSR count). The standard InChI is InChI=1S/C12H16FNO2/c1-8(13)9-2-4-10(5-3-9)11(14)6-7-12(15)16/h2-5,8,11H,6-7,14H2,1H3,(H,15,16). The van der Waals surface area contributed by atoms with E-state index in [2.05, 4.69) is 0 Å². The number of rotatable bonds is 5. The van der Waals surface area contributed by atoms with Gasteiger partial charge in [0.25, 0.3) is 0 Å². The Hall–Kier alpha value is -1.42. The first-order chi connectivity index (χ1) is 7.50. The molecule has 0 radical (unpaired) electrons. The first-order valence-electron chi connectivity index (χ1n) is 5.22. The number of alkyl halides is 1. The molecule has 0 aliphatic carbocycles. The number of hydrogen-bond acceptors (Lipinski definition) is 2. The minimum absolute atomic E-state index is 0.0441. The molecule has 4 heteroatoms. The Labute approximate surface area is 94.1 Å². The second kappa shape index (κ2) is 5.61. The summed E-state index contributed by atoms with van der Waals surface area (Å²) in [4.78, 5) is 10.4. The van der Waals surface area contributed by atoms with Gasteiger partial charge < -0.3 is 10.8 Å². The van der Waals surface area contributed by atoms with Gasteiger partial charge in [0.1, 0.15) is 6.17 Å². The van der Waals surface area contributed by atoms with Crippen molar-refractivity contribution >= 4 is 5.97 Å². The highest BCUT2D eigenvalue weighted by Crippen LogP contribution is 2.20. The van der Waals surface area contributed by atoms with Crippen LogP contribution in [0.3, 0.4) is 0 Å². The summed E-state index contributed by atoms with van der Waals surface area (Å²) in [5.74, 6) is -0.857. The number of hydrogen-bond donors (Lipinski definition) is 2. The Morgan fingerprint density at radius 1 is 1.38 bits per heavy atom. The summed E-state index contributed by atoms with van der Waals surface area (Å²) in [5, 5.41) is 8.52. The molecule has 0 spiro atoms. The van der Waals surface area contributed by atoms with Crippen LogP contribution in [0.1, 0.15) is 43.1 Å². The summed E-state index contributed by atoms with van der Waals surface area (Å²) >= 11 is 0. The SMILES string of the molecule is CC(F)c1ccc(C(N)CCC(=O)O)cc1. The molecule has 0 aromatic heterocycles. The van der Waals surface area contributed by atoms with Crippen molar-refractivity contribution in [3.05, 3.63) is 35.4 Å². The molecule has 0 saturated heterocycles. The minimum Gasteiger partial charge on any atom is -0.481 e. The zero-order chi connectivity index (χ0) is 12.1. The van der Waals surface area contributed by atoms with Gasteiger partial charge in [-0.2, -0.15) is 0 Å². The van der Waals surface area contributed by atoms with E-state index in [0.29, 0.717) is 12.0 Å². The molecule has 3 nitrogen and oxygen atoms in total. The van der Waals surface area contributed by atoms with E-state index in [-0.39, 0.29) is 12.5 Å². The number of carbonyl (C=O) groups is 1. The normalized spacial score (nSPS) is 14.4. The number of carboxylic acids is 1. The van der Waals surface area contributed by atoms with Crippen LogP contribution in [0.25, 0.3) is 0 Å². The van der Waals surface area contributed by atoms with Crippen molar-refractivity contribution in [2.45, 2.75) is 32.0 Å². The highest BCUT2D eigenvalue weighted by atomic mass is 19.1. The lowest BCUT2D eigenvalue weighted by atomic mass is 10.0. The highest BCUT2D eigenvalue weighted by molar-refractivity contribution is 5.66. The highest BCUT2D eigenvalue weighted by Gasteiger charge is 2.09. The molecule has 0 aliphatic heterocycles. The topological polar surface area (TPSA) is 63.3 Å². The van der Waals surface area contributed by atoms with E-state index in [4.69, 9.17) is 10.8 Å². The van der Waals surface area contributed by atoms with Crippen LogP contribution >= 0.6 is 0 Å². The summed E-state index contributed by atoms with van der Waals surface area (Å²) in [6.07, 6.45) is -0.563. The molecule has 0 bridgehead atoms. The molecule has 1 aromatic rings. The van der Waals surface area contributed by atoms with E-state index in [1.54, 1.807) is 24.3 Å². The molecule has 1 aromatic carbocycles. The lowest BCUT2D eigenvalue weighted by Gasteiger charge is -2.11. The van der Waals surface area contributed by atoms with Crippen LogP contribution < -0.4 is 5.73 Å². The summed E-state index contributed by atoms with van der Waals surface area (Å²) in [6, 6.07) is 6.55. The zero-order valence-electron chi connectivity index (χ0n) is 9.19. The Bertz CT molecular complexity index is 349. The van der Waals surface area contributed by atoms with E-state index in [1.807, 2.05) is 0 Å². The van der Waals surface area contributed by atoms with Gasteiger partial charge in [-0.25, -0.2) is 4.39 Å². The first-order valence-corrected chi connectivity index (χ1v) is 5.22. The first kappa shape index (κ1) is 12.6. The Morgan fingerprint density at radius 3 is 2.31 bits per heavy atom. The number of nitrogens with two attached hydrogens (primary N) is 1. The second-order valence-corrected chi connectivity index (χ2v) is 3.82. The maximum absolute atomic E-state index is 12.9. The van der Waals surface area contributed by atoms with E-state index in [9.17, 15) is 9.18 Å². The van der Waals surface area contributed by atoms with Gasteiger partial charge in [0.05, 0.1) is 0 Å². The summed E-state index contributed by atoms with van der Waals surface area (Å²) < 4.78 is 12.9. The monoisotopic (exact) mass is 225 g/mol. The van der Waals surface area contributed by atoms with Gasteiger partial charge in [-0.15, -0.1) is 0 Å². The number of aliphatic carboxylic acids is 1. The molecule has 88 valence electrons. The smallest absolute Gasteiger partial charge is 0.303 e. The van der Waals surface area contributed by atoms with Crippen LogP contribution in [0, 0.1) is 0 Å². The van der Waals surface area contributed by atoms with Crippen LogP contribution in [0.2, 0.25) is 0 Å². The maximum Gasteiger partial charge on any atom is 0.303 e. The van der Waals surface area contributed by atoms with E-state index < -0.39 is 12.1 Å². The largest absolute Gasteiger partial charge is 0.481 e. The Morgan fingerprint density at radius 2 is 1.88 bits per heavy atom. The summed E-state index contributed by atoms with van der Waals surface area (Å²) in [5.41, 5.74) is 7.26. The fraction of sp³-hybridized carbons (Fsp3) is 0.417. The van der Waals surface area contributed by atoms with Gasteiger partial charge in [-0.3, -0.25) is 4.79 Å². The van der Waals surface area contributed by atoms with Gasteiger partial charge in [-0.1, -0.05) is 24.3 Å². The zero-order valence-corrected chi connectivity index (χ0v) is 9.19. The Kier molecular flexibility index (Phi) is 4.43. The third-order valence-electron chi connectivity index (χ3n) is 2.49. The number of halogens is 1. The van der Waals surface area contributed by atoms with Crippen LogP contribution in [0.5, 0.6) is 0 Å². The summed E-state index contributed by atoms with van der Waals surface area (Å²) in [7, 11) is 0. The molecule has 0 aliphatic rings. The van der Waals surface area contributed by atoms with Gasteiger partial charge in [0.2, 0.25) is 0 Å². The lowest BCUT2D eigenvalue weighted by Crippen LogP contribution is -2.12. The summed E-state index contributed by atoms with van der Waals surface area (Å²) in [6.45, 7) is 1.47. The van der Waals surface area contributed by atoms with Crippen molar-refractivity contribution < 1.29 is 14.3 Å². The van der Waals surface area contributed by atoms with Crippen LogP contribution in [-0.4, -0.2) is 11.1 Å². The molecule has 0 heterocycles. The van der Waals surface area contributed by atoms with Crippen LogP contribution in [-0.2, 0) is 4.79 Å². The van der Waals surface area contributed by atoms with Gasteiger partial charge >= 0.3 is 5.97 Å². The molecular formula is C12H16FNO2. The van der Waals surface area contributed by atoms with Crippen molar-refractivity contribution in [1.29, 1.82) is 0 Å². The molecule has 3 N–H and O–H groups in total. The Balaban J connectivity index is 2.62. The molecule has 0 saturated carbocycles. The fourth-order valence-corrected chi connectivity index (χ4v) is 1.45. The van der Waals surface area contributed by atoms with Crippen molar-refractivity contribution in [3.63, 3.8) is 0 Å². The second-order valence-electron chi connectivity index (χ2n) is 3.82. The van der Waals surface area contributed by atoms with Crippen molar-refractivity contribution in [2.75, 3.05) is 0 Å². The predicted octanol–water partition coefficient (Wildman–Crippen LogP) is 2.58. The van der Waals surface area contributed by atoms with E-state index in [1.165, 1.54) is 6.92 Å². The van der Waals surface area contributed by atoms with Crippen molar-refractivity contribution in [3.8, 4) is 0 Å². The lowest BCUT2D eigenvalue weighted by molar-refractivity contribution is -0.137. The van der Waals surface area contributed by atoms with E-state index >= 15 is 0 Å². The van der Waals surface area contributed by atoms with Crippen LogP contribution in [0.15, 0.2) is 24.3 Å². The average molecular weight is 225 g/mol. The quantitative estimate of drug-likeness (QED) is 0.809. The molecule has 0 fully saturated rings. The fourth-order valence-electron chi connectivity index (χ4n) is 1.45. The van der Waals surface area contributed by atoms with Crippen molar-refractivity contribution in [1.82, 2.24) is 0 Å². The number of carboxylic acid groups (broad SMARTS) is 1. The van der Waals surface area contributed by atoms with E-state index in [0.717, 1.165) is 5.56 Å². The van der Waals surface area contributed by atoms with Gasteiger partial charge in [0, 0.05) is 12.5 Å². The third-order valence-corrected chi connectivity index (χ3v) is 2.49. The molecule has 2 unspecified atom stereocenters. The minimum atomic E-state index is -0.996. The van der Waals surface area contributed by atoms with Crippen molar-refractivity contribution in [2.24, 2.45) is 5.73 Å². The third kappa shape index (κ3) is 3.62. The van der Waals surface area contributed by atoms with Gasteiger partial charge in [-0.05, 0) is 24.5 Å². The average Bonchev–Trinajstić information content (AvgIpc) is 2.26.